The van der Waals surface area contributed by atoms with Gasteiger partial charge in [-0.05, 0) is 45.4 Å². The van der Waals surface area contributed by atoms with E-state index in [0.717, 1.165) is 17.1 Å². The van der Waals surface area contributed by atoms with Gasteiger partial charge in [-0.2, -0.15) is 0 Å². The van der Waals surface area contributed by atoms with Gasteiger partial charge in [0.05, 0.1) is 12.6 Å². The Bertz CT molecular complexity index is 509. The molecule has 0 radical (unpaired) electrons. The molecule has 1 unspecified atom stereocenters. The first-order valence-corrected chi connectivity index (χ1v) is 7.29. The van der Waals surface area contributed by atoms with Gasteiger partial charge in [0.2, 0.25) is 5.91 Å². The van der Waals surface area contributed by atoms with Crippen molar-refractivity contribution in [3.05, 3.63) is 23.8 Å². The molecule has 21 heavy (non-hydrogen) atoms. The summed E-state index contributed by atoms with van der Waals surface area (Å²) in [6.45, 7) is 9.50. The number of fused-ring (bicyclic) bond motifs is 1. The third kappa shape index (κ3) is 4.63. The van der Waals surface area contributed by atoms with E-state index in [1.54, 1.807) is 0 Å². The molecule has 2 N–H and O–H groups in total. The Morgan fingerprint density at radius 2 is 1.90 bits per heavy atom. The van der Waals surface area contributed by atoms with Crippen molar-refractivity contribution in [2.45, 2.75) is 39.3 Å². The Balaban J connectivity index is 1.94. The predicted octanol–water partition coefficient (Wildman–Crippen LogP) is 2.02. The van der Waals surface area contributed by atoms with Crippen LogP contribution in [0.15, 0.2) is 18.2 Å². The molecule has 0 spiro atoms. The zero-order valence-electron chi connectivity index (χ0n) is 13.2. The van der Waals surface area contributed by atoms with Crippen molar-refractivity contribution in [3.63, 3.8) is 0 Å². The smallest absolute Gasteiger partial charge is 0.234 e. The lowest BCUT2D eigenvalue weighted by molar-refractivity contribution is -0.121. The van der Waals surface area contributed by atoms with E-state index in [9.17, 15) is 4.79 Å². The average molecular weight is 292 g/mol. The fourth-order valence-corrected chi connectivity index (χ4v) is 2.05. The van der Waals surface area contributed by atoms with Gasteiger partial charge in [0.15, 0.2) is 11.5 Å². The normalized spacial score (nSPS) is 15.4. The fourth-order valence-electron chi connectivity index (χ4n) is 2.05. The molecule has 1 aromatic rings. The van der Waals surface area contributed by atoms with Gasteiger partial charge in [0.25, 0.3) is 0 Å². The summed E-state index contributed by atoms with van der Waals surface area (Å²) in [6, 6.07) is 5.70. The van der Waals surface area contributed by atoms with Gasteiger partial charge in [0, 0.05) is 5.54 Å². The van der Waals surface area contributed by atoms with Crippen LogP contribution in [0.2, 0.25) is 0 Å². The molecule has 1 aliphatic rings. The Kier molecular flexibility index (Phi) is 4.73. The topological polar surface area (TPSA) is 59.6 Å². The molecule has 0 fully saturated rings. The van der Waals surface area contributed by atoms with Crippen molar-refractivity contribution < 1.29 is 14.3 Å². The molecule has 5 heteroatoms. The van der Waals surface area contributed by atoms with Crippen LogP contribution < -0.4 is 20.1 Å². The van der Waals surface area contributed by atoms with E-state index in [-0.39, 0.29) is 17.5 Å². The van der Waals surface area contributed by atoms with Gasteiger partial charge < -0.3 is 20.1 Å². The number of hydrogen-bond donors (Lipinski definition) is 2. The van der Waals surface area contributed by atoms with Crippen molar-refractivity contribution in [3.8, 4) is 11.5 Å². The standard InChI is InChI=1S/C16H24N2O3/c1-11(18-15(19)10-17-16(2,3)4)12-5-6-13-14(9-12)21-8-7-20-13/h5-6,9,11,17H,7-8,10H2,1-4H3,(H,18,19). The minimum absolute atomic E-state index is 0.0210. The van der Waals surface area contributed by atoms with Gasteiger partial charge in [-0.1, -0.05) is 6.07 Å². The Morgan fingerprint density at radius 3 is 2.57 bits per heavy atom. The van der Waals surface area contributed by atoms with Gasteiger partial charge in [-0.25, -0.2) is 0 Å². The fraction of sp³-hybridized carbons (Fsp3) is 0.562. The number of carbonyl (C=O) groups excluding carboxylic acids is 1. The van der Waals surface area contributed by atoms with E-state index < -0.39 is 0 Å². The molecule has 0 aromatic heterocycles. The summed E-state index contributed by atoms with van der Waals surface area (Å²) in [5.41, 5.74) is 0.931. The third-order valence-electron chi connectivity index (χ3n) is 3.22. The number of amides is 1. The highest BCUT2D eigenvalue weighted by molar-refractivity contribution is 5.78. The summed E-state index contributed by atoms with van der Waals surface area (Å²) in [5, 5.41) is 6.15. The van der Waals surface area contributed by atoms with Gasteiger partial charge in [-0.15, -0.1) is 0 Å². The molecule has 116 valence electrons. The van der Waals surface area contributed by atoms with Crippen LogP contribution in [0.5, 0.6) is 11.5 Å². The molecule has 1 amide bonds. The number of ether oxygens (including phenoxy) is 2. The lowest BCUT2D eigenvalue weighted by Gasteiger charge is -2.23. The summed E-state index contributed by atoms with van der Waals surface area (Å²) in [7, 11) is 0. The Hall–Kier alpha value is -1.75. The second kappa shape index (κ2) is 6.35. The highest BCUT2D eigenvalue weighted by atomic mass is 16.6. The molecule has 0 saturated heterocycles. The molecule has 1 aromatic carbocycles. The van der Waals surface area contributed by atoms with Crippen LogP contribution in [0, 0.1) is 0 Å². The predicted molar refractivity (Wildman–Crippen MR) is 81.7 cm³/mol. The van der Waals surface area contributed by atoms with Crippen molar-refractivity contribution in [2.75, 3.05) is 19.8 Å². The van der Waals surface area contributed by atoms with Crippen LogP contribution in [0.1, 0.15) is 39.3 Å². The van der Waals surface area contributed by atoms with E-state index in [0.29, 0.717) is 19.8 Å². The van der Waals surface area contributed by atoms with Crippen molar-refractivity contribution in [1.29, 1.82) is 0 Å². The molecule has 0 saturated carbocycles. The second-order valence-corrected chi connectivity index (χ2v) is 6.30. The lowest BCUT2D eigenvalue weighted by Crippen LogP contribution is -2.43. The first kappa shape index (κ1) is 15.6. The highest BCUT2D eigenvalue weighted by Crippen LogP contribution is 2.32. The largest absolute Gasteiger partial charge is 0.486 e. The van der Waals surface area contributed by atoms with E-state index in [4.69, 9.17) is 9.47 Å². The van der Waals surface area contributed by atoms with Crippen LogP contribution in [0.4, 0.5) is 0 Å². The minimum atomic E-state index is -0.0740. The highest BCUT2D eigenvalue weighted by Gasteiger charge is 2.17. The van der Waals surface area contributed by atoms with E-state index in [1.807, 2.05) is 45.9 Å². The summed E-state index contributed by atoms with van der Waals surface area (Å²) in [4.78, 5) is 11.9. The van der Waals surface area contributed by atoms with E-state index in [1.165, 1.54) is 0 Å². The monoisotopic (exact) mass is 292 g/mol. The zero-order chi connectivity index (χ0) is 15.5. The summed E-state index contributed by atoms with van der Waals surface area (Å²) in [5.74, 6) is 1.48. The van der Waals surface area contributed by atoms with Gasteiger partial charge in [-0.3, -0.25) is 4.79 Å². The number of benzene rings is 1. The summed E-state index contributed by atoms with van der Waals surface area (Å²) in [6.07, 6.45) is 0. The van der Waals surface area contributed by atoms with Crippen LogP contribution >= 0.6 is 0 Å². The SMILES string of the molecule is CC(NC(=O)CNC(C)(C)C)c1ccc2c(c1)OCCO2. The molecular formula is C16H24N2O3. The van der Waals surface area contributed by atoms with E-state index in [2.05, 4.69) is 10.6 Å². The summed E-state index contributed by atoms with van der Waals surface area (Å²) >= 11 is 0. The minimum Gasteiger partial charge on any atom is -0.486 e. The molecule has 2 rings (SSSR count). The van der Waals surface area contributed by atoms with Crippen LogP contribution in [0.3, 0.4) is 0 Å². The molecule has 0 aliphatic carbocycles. The molecule has 0 bridgehead atoms. The van der Waals surface area contributed by atoms with E-state index >= 15 is 0 Å². The quantitative estimate of drug-likeness (QED) is 0.891. The second-order valence-electron chi connectivity index (χ2n) is 6.30. The van der Waals surface area contributed by atoms with Gasteiger partial charge in [0.1, 0.15) is 13.2 Å². The van der Waals surface area contributed by atoms with Crippen molar-refractivity contribution >= 4 is 5.91 Å². The van der Waals surface area contributed by atoms with Crippen LogP contribution in [-0.2, 0) is 4.79 Å². The molecule has 1 atom stereocenters. The molecule has 1 aliphatic heterocycles. The third-order valence-corrected chi connectivity index (χ3v) is 3.22. The Morgan fingerprint density at radius 1 is 1.24 bits per heavy atom. The number of nitrogens with one attached hydrogen (secondary N) is 2. The zero-order valence-corrected chi connectivity index (χ0v) is 13.2. The van der Waals surface area contributed by atoms with Crippen molar-refractivity contribution in [1.82, 2.24) is 10.6 Å². The van der Waals surface area contributed by atoms with Crippen LogP contribution in [0.25, 0.3) is 0 Å². The molecule has 1 heterocycles. The maximum absolute atomic E-state index is 11.9. The Labute approximate surface area is 126 Å². The van der Waals surface area contributed by atoms with Gasteiger partial charge >= 0.3 is 0 Å². The average Bonchev–Trinajstić information content (AvgIpc) is 2.44. The maximum Gasteiger partial charge on any atom is 0.234 e. The lowest BCUT2D eigenvalue weighted by atomic mass is 10.1. The first-order valence-electron chi connectivity index (χ1n) is 7.29. The number of rotatable bonds is 4. The van der Waals surface area contributed by atoms with Crippen LogP contribution in [-0.4, -0.2) is 31.2 Å². The maximum atomic E-state index is 11.9. The number of hydrogen-bond acceptors (Lipinski definition) is 4. The number of carbonyl (C=O) groups is 1. The summed E-state index contributed by atoms with van der Waals surface area (Å²) < 4.78 is 11.1. The van der Waals surface area contributed by atoms with Crippen molar-refractivity contribution in [2.24, 2.45) is 0 Å². The molecule has 5 nitrogen and oxygen atoms in total. The first-order chi connectivity index (χ1) is 9.85. The molecular weight excluding hydrogens is 268 g/mol.